The molecule has 3 aromatic rings. The SMILES string of the molecule is NC(=O)c1ccc(NC(=O)CNc2ccccc2Cc2ccccc2)cc1. The zero-order valence-electron chi connectivity index (χ0n) is 14.8. The smallest absolute Gasteiger partial charge is 0.248 e. The first kappa shape index (κ1) is 18.2. The first-order valence-electron chi connectivity index (χ1n) is 8.67. The summed E-state index contributed by atoms with van der Waals surface area (Å²) in [4.78, 5) is 23.3. The highest BCUT2D eigenvalue weighted by atomic mass is 16.2. The van der Waals surface area contributed by atoms with Crippen LogP contribution in [0.3, 0.4) is 0 Å². The number of nitrogens with one attached hydrogen (secondary N) is 2. The predicted molar refractivity (Wildman–Crippen MR) is 108 cm³/mol. The van der Waals surface area contributed by atoms with Gasteiger partial charge in [-0.3, -0.25) is 9.59 Å². The summed E-state index contributed by atoms with van der Waals surface area (Å²) in [6.45, 7) is 0.142. The van der Waals surface area contributed by atoms with Gasteiger partial charge in [0.25, 0.3) is 0 Å². The molecule has 4 N–H and O–H groups in total. The Morgan fingerprint density at radius 2 is 1.48 bits per heavy atom. The molecule has 0 bridgehead atoms. The average Bonchev–Trinajstić information content (AvgIpc) is 2.68. The van der Waals surface area contributed by atoms with E-state index < -0.39 is 5.91 Å². The topological polar surface area (TPSA) is 84.2 Å². The van der Waals surface area contributed by atoms with Gasteiger partial charge in [-0.05, 0) is 47.9 Å². The molecule has 0 saturated carbocycles. The first-order chi connectivity index (χ1) is 13.1. The van der Waals surface area contributed by atoms with Crippen LogP contribution < -0.4 is 16.4 Å². The number of hydrogen-bond acceptors (Lipinski definition) is 3. The van der Waals surface area contributed by atoms with Gasteiger partial charge in [-0.2, -0.15) is 0 Å². The van der Waals surface area contributed by atoms with Crippen molar-refractivity contribution < 1.29 is 9.59 Å². The van der Waals surface area contributed by atoms with Crippen LogP contribution in [0, 0.1) is 0 Å². The highest BCUT2D eigenvalue weighted by molar-refractivity contribution is 5.96. The van der Waals surface area contributed by atoms with Crippen molar-refractivity contribution in [3.63, 3.8) is 0 Å². The molecule has 5 nitrogen and oxygen atoms in total. The van der Waals surface area contributed by atoms with Crippen LogP contribution in [0.2, 0.25) is 0 Å². The normalized spacial score (nSPS) is 10.2. The molecule has 0 unspecified atom stereocenters. The maximum Gasteiger partial charge on any atom is 0.248 e. The summed E-state index contributed by atoms with van der Waals surface area (Å²) in [7, 11) is 0. The lowest BCUT2D eigenvalue weighted by molar-refractivity contribution is -0.114. The van der Waals surface area contributed by atoms with Crippen LogP contribution in [-0.4, -0.2) is 18.4 Å². The molecule has 136 valence electrons. The van der Waals surface area contributed by atoms with E-state index in [0.29, 0.717) is 11.3 Å². The number of carbonyl (C=O) groups is 2. The van der Waals surface area contributed by atoms with Crippen molar-refractivity contribution >= 4 is 23.2 Å². The summed E-state index contributed by atoms with van der Waals surface area (Å²) in [6.07, 6.45) is 0.792. The average molecular weight is 359 g/mol. The Hall–Kier alpha value is -3.60. The summed E-state index contributed by atoms with van der Waals surface area (Å²) in [5.74, 6) is -0.666. The van der Waals surface area contributed by atoms with Crippen LogP contribution in [0.4, 0.5) is 11.4 Å². The molecule has 2 amide bonds. The van der Waals surface area contributed by atoms with Gasteiger partial charge in [-0.25, -0.2) is 0 Å². The molecule has 0 atom stereocenters. The van der Waals surface area contributed by atoms with Gasteiger partial charge in [-0.15, -0.1) is 0 Å². The third-order valence-corrected chi connectivity index (χ3v) is 4.15. The molecule has 0 saturated heterocycles. The second-order valence-corrected chi connectivity index (χ2v) is 6.16. The maximum atomic E-state index is 12.2. The fraction of sp³-hybridized carbons (Fsp3) is 0.0909. The minimum atomic E-state index is -0.496. The van der Waals surface area contributed by atoms with Crippen molar-refractivity contribution in [2.45, 2.75) is 6.42 Å². The van der Waals surface area contributed by atoms with Crippen LogP contribution in [-0.2, 0) is 11.2 Å². The van der Waals surface area contributed by atoms with Crippen molar-refractivity contribution in [3.05, 3.63) is 95.6 Å². The van der Waals surface area contributed by atoms with E-state index in [1.165, 1.54) is 5.56 Å². The zero-order chi connectivity index (χ0) is 19.1. The van der Waals surface area contributed by atoms with Crippen LogP contribution in [0.25, 0.3) is 0 Å². The van der Waals surface area contributed by atoms with Gasteiger partial charge in [0.15, 0.2) is 0 Å². The number of anilines is 2. The van der Waals surface area contributed by atoms with E-state index in [2.05, 4.69) is 28.8 Å². The zero-order valence-corrected chi connectivity index (χ0v) is 14.8. The van der Waals surface area contributed by atoms with Crippen molar-refractivity contribution in [2.75, 3.05) is 17.2 Å². The lowest BCUT2D eigenvalue weighted by atomic mass is 10.0. The number of benzene rings is 3. The van der Waals surface area contributed by atoms with E-state index in [1.807, 2.05) is 36.4 Å². The van der Waals surface area contributed by atoms with Crippen molar-refractivity contribution in [1.29, 1.82) is 0 Å². The molecule has 0 heterocycles. The molecule has 5 heteroatoms. The molecule has 0 aromatic heterocycles. The Morgan fingerprint density at radius 1 is 0.815 bits per heavy atom. The van der Waals surface area contributed by atoms with Gasteiger partial charge in [0.05, 0.1) is 6.54 Å². The number of hydrogen-bond donors (Lipinski definition) is 3. The summed E-state index contributed by atoms with van der Waals surface area (Å²) in [5.41, 5.74) is 9.50. The summed E-state index contributed by atoms with van der Waals surface area (Å²) < 4.78 is 0. The Balaban J connectivity index is 1.59. The molecule has 0 aliphatic heterocycles. The van der Waals surface area contributed by atoms with Crippen molar-refractivity contribution in [3.8, 4) is 0 Å². The minimum Gasteiger partial charge on any atom is -0.376 e. The second kappa shape index (κ2) is 8.67. The number of nitrogens with two attached hydrogens (primary N) is 1. The Bertz CT molecular complexity index is 922. The van der Waals surface area contributed by atoms with Crippen LogP contribution in [0.5, 0.6) is 0 Å². The molecule has 0 aliphatic rings. The van der Waals surface area contributed by atoms with Gasteiger partial charge in [0.2, 0.25) is 11.8 Å². The first-order valence-corrected chi connectivity index (χ1v) is 8.67. The van der Waals surface area contributed by atoms with E-state index in [-0.39, 0.29) is 12.5 Å². The van der Waals surface area contributed by atoms with Crippen molar-refractivity contribution in [2.24, 2.45) is 5.73 Å². The third-order valence-electron chi connectivity index (χ3n) is 4.15. The Kier molecular flexibility index (Phi) is 5.84. The predicted octanol–water partition coefficient (Wildman–Crippen LogP) is 3.43. The molecule has 0 aliphatic carbocycles. The Morgan fingerprint density at radius 3 is 2.19 bits per heavy atom. The van der Waals surface area contributed by atoms with Gasteiger partial charge < -0.3 is 16.4 Å². The minimum absolute atomic E-state index is 0.142. The lowest BCUT2D eigenvalue weighted by Crippen LogP contribution is -2.22. The molecule has 0 radical (unpaired) electrons. The number of rotatable bonds is 7. The molecule has 0 spiro atoms. The molecule has 3 aromatic carbocycles. The van der Waals surface area contributed by atoms with Crippen LogP contribution in [0.1, 0.15) is 21.5 Å². The molecular formula is C22H21N3O2. The highest BCUT2D eigenvalue weighted by Crippen LogP contribution is 2.19. The van der Waals surface area contributed by atoms with E-state index in [1.54, 1.807) is 24.3 Å². The third kappa shape index (κ3) is 5.19. The largest absolute Gasteiger partial charge is 0.376 e. The monoisotopic (exact) mass is 359 g/mol. The second-order valence-electron chi connectivity index (χ2n) is 6.16. The fourth-order valence-electron chi connectivity index (χ4n) is 2.76. The summed E-state index contributed by atoms with van der Waals surface area (Å²) in [5, 5.41) is 5.99. The van der Waals surface area contributed by atoms with E-state index in [0.717, 1.165) is 17.7 Å². The standard InChI is InChI=1S/C22H21N3O2/c23-22(27)17-10-12-19(13-11-17)25-21(26)15-24-20-9-5-4-8-18(20)14-16-6-2-1-3-7-16/h1-13,24H,14-15H2,(H2,23,27)(H,25,26). The van der Waals surface area contributed by atoms with Crippen LogP contribution in [0.15, 0.2) is 78.9 Å². The molecule has 27 heavy (non-hydrogen) atoms. The maximum absolute atomic E-state index is 12.2. The van der Waals surface area contributed by atoms with Crippen molar-refractivity contribution in [1.82, 2.24) is 0 Å². The van der Waals surface area contributed by atoms with E-state index in [9.17, 15) is 9.59 Å². The van der Waals surface area contributed by atoms with E-state index in [4.69, 9.17) is 5.73 Å². The molecule has 3 rings (SSSR count). The Labute approximate surface area is 158 Å². The number of para-hydroxylation sites is 1. The quantitative estimate of drug-likeness (QED) is 0.604. The summed E-state index contributed by atoms with van der Waals surface area (Å²) >= 11 is 0. The number of primary amides is 1. The number of carbonyl (C=O) groups excluding carboxylic acids is 2. The van der Waals surface area contributed by atoms with Gasteiger partial charge >= 0.3 is 0 Å². The van der Waals surface area contributed by atoms with Gasteiger partial charge in [0, 0.05) is 16.9 Å². The van der Waals surface area contributed by atoms with Crippen LogP contribution >= 0.6 is 0 Å². The molecular weight excluding hydrogens is 338 g/mol. The van der Waals surface area contributed by atoms with E-state index >= 15 is 0 Å². The van der Waals surface area contributed by atoms with Gasteiger partial charge in [0.1, 0.15) is 0 Å². The fourth-order valence-corrected chi connectivity index (χ4v) is 2.76. The summed E-state index contributed by atoms with van der Waals surface area (Å²) in [6, 6.07) is 24.6. The highest BCUT2D eigenvalue weighted by Gasteiger charge is 2.07. The molecule has 0 fully saturated rings. The lowest BCUT2D eigenvalue weighted by Gasteiger charge is -2.12. The van der Waals surface area contributed by atoms with Gasteiger partial charge in [-0.1, -0.05) is 48.5 Å². The number of amides is 2.